The van der Waals surface area contributed by atoms with E-state index in [-0.39, 0.29) is 32.8 Å². The largest absolute Gasteiger partial charge is 2.00 e. The van der Waals surface area contributed by atoms with Crippen LogP contribution in [0.2, 0.25) is 0 Å². The molecule has 2 heterocycles. The number of nitrogens with one attached hydrogen (secondary N) is 1. The van der Waals surface area contributed by atoms with Gasteiger partial charge in [-0.15, -0.1) is 0 Å². The Hall–Kier alpha value is -3.07. The Kier molecular flexibility index (Phi) is 12.5. The molecule has 0 bridgehead atoms. The number of aromatic nitrogens is 2. The van der Waals surface area contributed by atoms with Crippen LogP contribution < -0.4 is 15.9 Å². The van der Waals surface area contributed by atoms with Gasteiger partial charge in [-0.1, -0.05) is 18.2 Å². The van der Waals surface area contributed by atoms with Crippen molar-refractivity contribution < 1.29 is 31.8 Å². The van der Waals surface area contributed by atoms with Crippen LogP contribution in [-0.2, 0) is 16.5 Å². The van der Waals surface area contributed by atoms with Gasteiger partial charge < -0.3 is 21.1 Å². The second-order valence-electron chi connectivity index (χ2n) is 5.09. The molecule has 0 atom stereocenters. The average Bonchev–Trinajstić information content (AvgIpc) is 2.71. The van der Waals surface area contributed by atoms with Crippen LogP contribution in [-0.4, -0.2) is 39.0 Å². The zero-order valence-corrected chi connectivity index (χ0v) is 17.2. The molecule has 0 unspecified atom stereocenters. The zero-order valence-electron chi connectivity index (χ0n) is 15.4. The SMILES string of the molecule is COc1cccc(C=NNC(N)=S)c1[OH2+].[Ni+2].[OH-].c1ccc(-c2ccccn2)nc1. The molecular formula is C19H21N5NiO3S+2. The van der Waals surface area contributed by atoms with Crippen LogP contribution in [0.15, 0.2) is 72.1 Å². The van der Waals surface area contributed by atoms with Crippen LogP contribution >= 0.6 is 12.2 Å². The van der Waals surface area contributed by atoms with Gasteiger partial charge in [0.15, 0.2) is 5.11 Å². The monoisotopic (exact) mass is 457 g/mol. The Balaban J connectivity index is 0.000000514. The van der Waals surface area contributed by atoms with Crippen LogP contribution in [0.5, 0.6) is 11.5 Å². The Bertz CT molecular complexity index is 861. The first-order valence-electron chi connectivity index (χ1n) is 7.91. The van der Waals surface area contributed by atoms with E-state index in [0.717, 1.165) is 11.4 Å². The van der Waals surface area contributed by atoms with Gasteiger partial charge in [0.1, 0.15) is 0 Å². The number of thiocarbonyl (C=S) groups is 1. The quantitative estimate of drug-likeness (QED) is 0.201. The summed E-state index contributed by atoms with van der Waals surface area (Å²) in [5.41, 5.74) is 10.1. The van der Waals surface area contributed by atoms with Gasteiger partial charge in [0, 0.05) is 12.4 Å². The average molecular weight is 458 g/mol. The van der Waals surface area contributed by atoms with Gasteiger partial charge in [-0.2, -0.15) is 5.10 Å². The minimum atomic E-state index is 0. The van der Waals surface area contributed by atoms with E-state index in [4.69, 9.17) is 15.6 Å². The predicted octanol–water partition coefficient (Wildman–Crippen LogP) is 2.26. The number of rotatable bonds is 4. The standard InChI is InChI=1S/C10H8N2.C9H11N3O2S.Ni.H2O/c1-3-7-11-9(5-1)10-6-2-4-8-12-10;1-14-7-4-2-3-6(8(7)13)5-11-12-9(10)15;;/h1-8H;2-5,13H,1H3,(H3,10,12,15);;1H2/q;;+2;. The summed E-state index contributed by atoms with van der Waals surface area (Å²) in [6, 6.07) is 16.8. The van der Waals surface area contributed by atoms with Crippen molar-refractivity contribution in [3.63, 3.8) is 0 Å². The molecule has 0 aliphatic rings. The molecule has 2 aromatic heterocycles. The van der Waals surface area contributed by atoms with Gasteiger partial charge in [0.25, 0.3) is 0 Å². The molecule has 0 spiro atoms. The van der Waals surface area contributed by atoms with E-state index in [1.165, 1.54) is 13.3 Å². The molecule has 0 aliphatic carbocycles. The third kappa shape index (κ3) is 8.65. The smallest absolute Gasteiger partial charge is 0.870 e. The number of para-hydroxylation sites is 1. The summed E-state index contributed by atoms with van der Waals surface area (Å²) in [5.74, 6) is 0.766. The number of benzene rings is 1. The molecule has 0 amide bonds. The van der Waals surface area contributed by atoms with Crippen molar-refractivity contribution in [1.29, 1.82) is 0 Å². The van der Waals surface area contributed by atoms with Gasteiger partial charge >= 0.3 is 22.2 Å². The molecule has 3 aromatic rings. The van der Waals surface area contributed by atoms with E-state index in [0.29, 0.717) is 11.3 Å². The molecule has 1 aromatic carbocycles. The fourth-order valence-corrected chi connectivity index (χ4v) is 2.07. The summed E-state index contributed by atoms with van der Waals surface area (Å²) < 4.78 is 4.99. The van der Waals surface area contributed by atoms with Crippen LogP contribution in [0, 0.1) is 0 Å². The van der Waals surface area contributed by atoms with E-state index >= 15 is 0 Å². The van der Waals surface area contributed by atoms with Crippen molar-refractivity contribution in [1.82, 2.24) is 15.4 Å². The number of hydrogen-bond donors (Lipinski definition) is 2. The topological polar surface area (TPSA) is 138 Å². The number of hydrogen-bond acceptors (Lipinski definition) is 6. The number of methoxy groups -OCH3 is 1. The normalized spacial score (nSPS) is 9.28. The molecular weight excluding hydrogens is 437 g/mol. The number of ether oxygens (including phenoxy) is 1. The molecule has 0 aliphatic heterocycles. The van der Waals surface area contributed by atoms with Crippen molar-refractivity contribution in [2.75, 3.05) is 7.11 Å². The van der Waals surface area contributed by atoms with Gasteiger partial charge in [0.2, 0.25) is 5.75 Å². The van der Waals surface area contributed by atoms with Crippen LogP contribution in [0.25, 0.3) is 11.4 Å². The maximum absolute atomic E-state index is 7.72. The summed E-state index contributed by atoms with van der Waals surface area (Å²) in [5, 5.41) is 11.6. The Labute approximate surface area is 184 Å². The third-order valence-electron chi connectivity index (χ3n) is 3.25. The third-order valence-corrected chi connectivity index (χ3v) is 3.34. The Morgan fingerprint density at radius 1 is 1.07 bits per heavy atom. The minimum Gasteiger partial charge on any atom is -0.870 e. The molecule has 0 saturated carbocycles. The van der Waals surface area contributed by atoms with Crippen molar-refractivity contribution in [2.24, 2.45) is 10.8 Å². The van der Waals surface area contributed by atoms with E-state index in [1.54, 1.807) is 30.6 Å². The van der Waals surface area contributed by atoms with Crippen molar-refractivity contribution in [3.8, 4) is 22.9 Å². The number of nitrogens with two attached hydrogens (primary N) is 1. The van der Waals surface area contributed by atoms with Crippen molar-refractivity contribution >= 4 is 23.5 Å². The molecule has 8 nitrogen and oxygen atoms in total. The van der Waals surface area contributed by atoms with E-state index < -0.39 is 0 Å². The first-order valence-corrected chi connectivity index (χ1v) is 8.32. The molecule has 0 saturated heterocycles. The van der Waals surface area contributed by atoms with Gasteiger partial charge in [0.05, 0.1) is 30.3 Å². The summed E-state index contributed by atoms with van der Waals surface area (Å²) in [4.78, 5) is 8.37. The Morgan fingerprint density at radius 2 is 1.66 bits per heavy atom. The van der Waals surface area contributed by atoms with Crippen molar-refractivity contribution in [2.45, 2.75) is 0 Å². The van der Waals surface area contributed by atoms with Crippen LogP contribution in [0.3, 0.4) is 0 Å². The second-order valence-corrected chi connectivity index (χ2v) is 5.53. The first-order chi connectivity index (χ1) is 13.1. The van der Waals surface area contributed by atoms with Crippen molar-refractivity contribution in [3.05, 3.63) is 72.6 Å². The number of nitrogens with zero attached hydrogens (tertiary/aromatic N) is 3. The fraction of sp³-hybridized carbons (Fsp3) is 0.0526. The second kappa shape index (κ2) is 14.0. The molecule has 154 valence electrons. The fourth-order valence-electron chi connectivity index (χ4n) is 2.02. The molecule has 29 heavy (non-hydrogen) atoms. The van der Waals surface area contributed by atoms with Gasteiger partial charge in [-0.25, -0.2) is 0 Å². The minimum absolute atomic E-state index is 0. The first kappa shape index (κ1) is 25.9. The summed E-state index contributed by atoms with van der Waals surface area (Å²) in [6.45, 7) is 0. The molecule has 6 N–H and O–H groups in total. The Morgan fingerprint density at radius 3 is 2.10 bits per heavy atom. The molecule has 10 heteroatoms. The van der Waals surface area contributed by atoms with Crippen LogP contribution in [0.4, 0.5) is 0 Å². The molecule has 0 radical (unpaired) electrons. The van der Waals surface area contributed by atoms with E-state index in [2.05, 4.69) is 32.7 Å². The maximum atomic E-state index is 7.72. The van der Waals surface area contributed by atoms with Crippen LogP contribution in [0.1, 0.15) is 5.56 Å². The van der Waals surface area contributed by atoms with Gasteiger partial charge in [-0.3, -0.25) is 15.4 Å². The number of hydrazone groups is 1. The summed E-state index contributed by atoms with van der Waals surface area (Å²) in [7, 11) is 1.52. The molecule has 3 rings (SSSR count). The predicted molar refractivity (Wildman–Crippen MR) is 113 cm³/mol. The zero-order chi connectivity index (χ0) is 19.5. The van der Waals surface area contributed by atoms with E-state index in [9.17, 15) is 0 Å². The summed E-state index contributed by atoms with van der Waals surface area (Å²) in [6.07, 6.45) is 5.00. The summed E-state index contributed by atoms with van der Waals surface area (Å²) >= 11 is 4.57. The maximum Gasteiger partial charge on any atom is 2.00 e. The molecule has 0 fully saturated rings. The number of pyridine rings is 2. The van der Waals surface area contributed by atoms with E-state index in [1.807, 2.05) is 36.4 Å². The van der Waals surface area contributed by atoms with Gasteiger partial charge in [-0.05, 0) is 48.6 Å².